The van der Waals surface area contributed by atoms with E-state index in [1.165, 1.54) is 0 Å². The number of carbonyl (C=O) groups is 1. The molecule has 0 spiro atoms. The molecule has 0 bridgehead atoms. The van der Waals surface area contributed by atoms with Gasteiger partial charge in [0.1, 0.15) is 0 Å². The molecule has 2 aliphatic heterocycles. The minimum atomic E-state index is 0.0341. The summed E-state index contributed by atoms with van der Waals surface area (Å²) in [6.07, 6.45) is 5.64. The molecule has 1 aromatic carbocycles. The number of hydrogen-bond acceptors (Lipinski definition) is 2. The van der Waals surface area contributed by atoms with Crippen molar-refractivity contribution >= 4 is 17.5 Å². The highest BCUT2D eigenvalue weighted by Gasteiger charge is 2.37. The fourth-order valence-electron chi connectivity index (χ4n) is 3.14. The summed E-state index contributed by atoms with van der Waals surface area (Å²) in [5, 5.41) is 0.509. The van der Waals surface area contributed by atoms with Crippen LogP contribution >= 0.6 is 11.6 Å². The van der Waals surface area contributed by atoms with E-state index in [1.54, 1.807) is 12.4 Å². The van der Waals surface area contributed by atoms with Gasteiger partial charge in [0.25, 0.3) is 5.91 Å². The van der Waals surface area contributed by atoms with Crippen LogP contribution in [0.1, 0.15) is 34.9 Å². The summed E-state index contributed by atoms with van der Waals surface area (Å²) in [7, 11) is 0. The first kappa shape index (κ1) is 11.1. The number of carbonyl (C=O) groups excluding carboxylic acids is 1. The third-order valence-corrected chi connectivity index (χ3v) is 4.30. The molecule has 1 unspecified atom stereocenters. The molecule has 2 aromatic rings. The average molecular weight is 274 g/mol. The molecule has 0 N–H and O–H groups in total. The quantitative estimate of drug-likeness (QED) is 0.740. The molecule has 0 radical (unpaired) electrons. The number of aromatic nitrogens is 2. The molecule has 1 aromatic heterocycles. The molecule has 96 valence electrons. The number of halogens is 1. The van der Waals surface area contributed by atoms with Gasteiger partial charge in [0.15, 0.2) is 0 Å². The molecular weight excluding hydrogens is 262 g/mol. The summed E-state index contributed by atoms with van der Waals surface area (Å²) >= 11 is 6.25. The summed E-state index contributed by atoms with van der Waals surface area (Å²) in [5.41, 5.74) is 2.50. The van der Waals surface area contributed by atoms with Crippen LogP contribution in [0.4, 0.5) is 0 Å². The van der Waals surface area contributed by atoms with E-state index in [-0.39, 0.29) is 11.9 Å². The Hall–Kier alpha value is -1.81. The van der Waals surface area contributed by atoms with Gasteiger partial charge >= 0.3 is 0 Å². The van der Waals surface area contributed by atoms with Gasteiger partial charge in [-0.3, -0.25) is 4.79 Å². The summed E-state index contributed by atoms with van der Waals surface area (Å²) < 4.78 is 2.00. The topological polar surface area (TPSA) is 38.1 Å². The minimum Gasteiger partial charge on any atom is -0.330 e. The van der Waals surface area contributed by atoms with Crippen molar-refractivity contribution in [2.75, 3.05) is 6.54 Å². The first-order valence-corrected chi connectivity index (χ1v) is 6.77. The maximum Gasteiger partial charge on any atom is 0.258 e. The van der Waals surface area contributed by atoms with Crippen molar-refractivity contribution < 1.29 is 4.79 Å². The summed E-state index contributed by atoms with van der Waals surface area (Å²) in [6, 6.07) is 5.69. The fraction of sp³-hybridized carbons (Fsp3) is 0.286. The van der Waals surface area contributed by atoms with Crippen LogP contribution < -0.4 is 0 Å². The van der Waals surface area contributed by atoms with Crippen LogP contribution in [0.5, 0.6) is 0 Å². The molecule has 2 aliphatic rings. The van der Waals surface area contributed by atoms with E-state index >= 15 is 0 Å². The Morgan fingerprint density at radius 3 is 3.16 bits per heavy atom. The molecule has 19 heavy (non-hydrogen) atoms. The molecule has 1 saturated heterocycles. The SMILES string of the molecule is O=C1c2c(Cl)cccc2-n2cncc2C2CCCN12. The van der Waals surface area contributed by atoms with Crippen molar-refractivity contribution in [1.29, 1.82) is 0 Å². The third-order valence-electron chi connectivity index (χ3n) is 3.99. The Balaban J connectivity index is 2.06. The van der Waals surface area contributed by atoms with Crippen LogP contribution in [0.3, 0.4) is 0 Å². The van der Waals surface area contributed by atoms with Gasteiger partial charge in [0, 0.05) is 6.54 Å². The van der Waals surface area contributed by atoms with Crippen molar-refractivity contribution in [1.82, 2.24) is 14.5 Å². The van der Waals surface area contributed by atoms with E-state index < -0.39 is 0 Å². The zero-order valence-corrected chi connectivity index (χ0v) is 11.0. The average Bonchev–Trinajstić information content (AvgIpc) is 3.04. The number of benzene rings is 1. The zero-order valence-electron chi connectivity index (χ0n) is 10.2. The zero-order chi connectivity index (χ0) is 13.0. The van der Waals surface area contributed by atoms with Crippen molar-refractivity contribution in [3.8, 4) is 5.69 Å². The Kier molecular flexibility index (Phi) is 2.23. The lowest BCUT2D eigenvalue weighted by Gasteiger charge is -2.22. The minimum absolute atomic E-state index is 0.0341. The van der Waals surface area contributed by atoms with Gasteiger partial charge in [-0.25, -0.2) is 4.98 Å². The molecule has 0 aliphatic carbocycles. The van der Waals surface area contributed by atoms with Crippen molar-refractivity contribution in [3.63, 3.8) is 0 Å². The lowest BCUT2D eigenvalue weighted by Crippen LogP contribution is -2.29. The second-order valence-electron chi connectivity index (χ2n) is 4.98. The van der Waals surface area contributed by atoms with Crippen LogP contribution in [0, 0.1) is 0 Å². The predicted molar refractivity (Wildman–Crippen MR) is 71.6 cm³/mol. The van der Waals surface area contributed by atoms with Crippen LogP contribution in [-0.4, -0.2) is 26.9 Å². The molecule has 1 amide bonds. The molecule has 4 nitrogen and oxygen atoms in total. The highest BCUT2D eigenvalue weighted by atomic mass is 35.5. The molecule has 3 heterocycles. The number of amides is 1. The lowest BCUT2D eigenvalue weighted by atomic mass is 10.1. The molecule has 1 atom stereocenters. The smallest absolute Gasteiger partial charge is 0.258 e. The van der Waals surface area contributed by atoms with Crippen LogP contribution in [-0.2, 0) is 0 Å². The number of hydrogen-bond donors (Lipinski definition) is 0. The Labute approximate surface area is 115 Å². The highest BCUT2D eigenvalue weighted by Crippen LogP contribution is 2.39. The third kappa shape index (κ3) is 1.40. The van der Waals surface area contributed by atoms with Crippen LogP contribution in [0.25, 0.3) is 5.69 Å². The number of rotatable bonds is 0. The van der Waals surface area contributed by atoms with E-state index in [0.29, 0.717) is 10.6 Å². The van der Waals surface area contributed by atoms with E-state index in [4.69, 9.17) is 11.6 Å². The van der Waals surface area contributed by atoms with Gasteiger partial charge in [-0.1, -0.05) is 17.7 Å². The van der Waals surface area contributed by atoms with Gasteiger partial charge in [0.2, 0.25) is 0 Å². The number of nitrogens with zero attached hydrogens (tertiary/aromatic N) is 3. The Morgan fingerprint density at radius 2 is 2.26 bits per heavy atom. The van der Waals surface area contributed by atoms with Crippen molar-refractivity contribution in [3.05, 3.63) is 47.0 Å². The number of imidazole rings is 1. The largest absolute Gasteiger partial charge is 0.330 e. The van der Waals surface area contributed by atoms with E-state index in [0.717, 1.165) is 30.8 Å². The maximum atomic E-state index is 12.7. The van der Waals surface area contributed by atoms with Crippen LogP contribution in [0.15, 0.2) is 30.7 Å². The normalized spacial score (nSPS) is 20.8. The van der Waals surface area contributed by atoms with E-state index in [1.807, 2.05) is 27.8 Å². The lowest BCUT2D eigenvalue weighted by molar-refractivity contribution is 0.0739. The first-order valence-electron chi connectivity index (χ1n) is 6.39. The summed E-state index contributed by atoms with van der Waals surface area (Å²) in [5.74, 6) is 0.0341. The second kappa shape index (κ2) is 3.84. The van der Waals surface area contributed by atoms with Gasteiger partial charge < -0.3 is 9.47 Å². The monoisotopic (exact) mass is 273 g/mol. The van der Waals surface area contributed by atoms with Gasteiger partial charge in [0.05, 0.1) is 40.5 Å². The van der Waals surface area contributed by atoms with Crippen LogP contribution in [0.2, 0.25) is 5.02 Å². The van der Waals surface area contributed by atoms with Gasteiger partial charge in [-0.15, -0.1) is 0 Å². The molecule has 0 saturated carbocycles. The van der Waals surface area contributed by atoms with Gasteiger partial charge in [-0.05, 0) is 25.0 Å². The van der Waals surface area contributed by atoms with Gasteiger partial charge in [-0.2, -0.15) is 0 Å². The Bertz CT molecular complexity index is 679. The second-order valence-corrected chi connectivity index (χ2v) is 5.39. The summed E-state index contributed by atoms with van der Waals surface area (Å²) in [6.45, 7) is 0.791. The molecule has 5 heteroatoms. The predicted octanol–water partition coefficient (Wildman–Crippen LogP) is 2.82. The maximum absolute atomic E-state index is 12.7. The van der Waals surface area contributed by atoms with E-state index in [9.17, 15) is 4.79 Å². The van der Waals surface area contributed by atoms with E-state index in [2.05, 4.69) is 4.98 Å². The highest BCUT2D eigenvalue weighted by molar-refractivity contribution is 6.34. The standard InChI is InChI=1S/C14H12ClN3O/c15-9-3-1-4-11-13(9)14(19)17-6-2-5-10(17)12-7-16-8-18(11)12/h1,3-4,7-8,10H,2,5-6H2. The fourth-order valence-corrected chi connectivity index (χ4v) is 3.39. The van der Waals surface area contributed by atoms with Crippen molar-refractivity contribution in [2.24, 2.45) is 0 Å². The number of fused-ring (bicyclic) bond motifs is 5. The Morgan fingerprint density at radius 1 is 1.37 bits per heavy atom. The molecular formula is C14H12ClN3O. The molecule has 4 rings (SSSR count). The summed E-state index contributed by atoms with van der Waals surface area (Å²) in [4.78, 5) is 18.9. The molecule has 1 fully saturated rings. The first-order chi connectivity index (χ1) is 9.27. The van der Waals surface area contributed by atoms with Crippen molar-refractivity contribution in [2.45, 2.75) is 18.9 Å².